The molecule has 2 rings (SSSR count). The second kappa shape index (κ2) is 6.28. The molecule has 4 nitrogen and oxygen atoms in total. The number of hydrogen-bond donors (Lipinski definition) is 1. The van der Waals surface area contributed by atoms with E-state index >= 15 is 0 Å². The third-order valence-electron chi connectivity index (χ3n) is 3.14. The van der Waals surface area contributed by atoms with Crippen molar-refractivity contribution in [3.8, 4) is 17.0 Å². The first kappa shape index (κ1) is 14.2. The molecule has 106 valence electrons. The molecule has 0 fully saturated rings. The smallest absolute Gasteiger partial charge is 0.274 e. The van der Waals surface area contributed by atoms with Crippen molar-refractivity contribution in [2.45, 2.75) is 26.8 Å². The van der Waals surface area contributed by atoms with Gasteiger partial charge in [-0.15, -0.1) is 0 Å². The van der Waals surface area contributed by atoms with E-state index in [1.807, 2.05) is 37.3 Å². The van der Waals surface area contributed by atoms with Crippen molar-refractivity contribution in [2.75, 3.05) is 12.3 Å². The topological polar surface area (TPSA) is 57.2 Å². The molecule has 2 N–H and O–H groups in total. The molecule has 0 saturated carbocycles. The normalized spacial score (nSPS) is 10.5. The van der Waals surface area contributed by atoms with E-state index in [4.69, 9.17) is 10.5 Å². The number of benzene rings is 1. The zero-order valence-electron chi connectivity index (χ0n) is 11.9. The first-order valence-electron chi connectivity index (χ1n) is 6.90. The lowest BCUT2D eigenvalue weighted by Crippen LogP contribution is -2.23. The van der Waals surface area contributed by atoms with Gasteiger partial charge in [-0.3, -0.25) is 4.79 Å². The maximum absolute atomic E-state index is 12.1. The minimum atomic E-state index is -0.157. The van der Waals surface area contributed by atoms with Crippen LogP contribution in [-0.4, -0.2) is 11.2 Å². The maximum atomic E-state index is 12.1. The van der Waals surface area contributed by atoms with Gasteiger partial charge in [0.05, 0.1) is 18.0 Å². The van der Waals surface area contributed by atoms with E-state index in [9.17, 15) is 4.79 Å². The minimum absolute atomic E-state index is 0.157. The van der Waals surface area contributed by atoms with Crippen LogP contribution in [0.5, 0.6) is 5.75 Å². The summed E-state index contributed by atoms with van der Waals surface area (Å²) < 4.78 is 7.43. The molecule has 1 heterocycles. The van der Waals surface area contributed by atoms with Gasteiger partial charge in [-0.05, 0) is 37.6 Å². The highest BCUT2D eigenvalue weighted by Crippen LogP contribution is 2.29. The number of hydrogen-bond acceptors (Lipinski definition) is 3. The van der Waals surface area contributed by atoms with E-state index in [1.54, 1.807) is 10.6 Å². The molecule has 0 spiro atoms. The van der Waals surface area contributed by atoms with Crippen molar-refractivity contribution >= 4 is 5.69 Å². The molecule has 20 heavy (non-hydrogen) atoms. The van der Waals surface area contributed by atoms with Crippen molar-refractivity contribution in [1.82, 2.24) is 4.57 Å². The zero-order valence-corrected chi connectivity index (χ0v) is 11.9. The highest BCUT2D eigenvalue weighted by molar-refractivity contribution is 5.68. The van der Waals surface area contributed by atoms with Gasteiger partial charge in [0.2, 0.25) is 0 Å². The Bertz CT molecular complexity index is 647. The molecule has 0 amide bonds. The summed E-state index contributed by atoms with van der Waals surface area (Å²) in [5.41, 5.74) is 7.55. The maximum Gasteiger partial charge on any atom is 0.274 e. The molecule has 0 radical (unpaired) electrons. The Morgan fingerprint density at radius 1 is 1.15 bits per heavy atom. The van der Waals surface area contributed by atoms with Gasteiger partial charge in [0.1, 0.15) is 5.75 Å². The quantitative estimate of drug-likeness (QED) is 0.910. The lowest BCUT2D eigenvalue weighted by atomic mass is 10.1. The molecule has 1 aromatic heterocycles. The number of pyridine rings is 1. The van der Waals surface area contributed by atoms with Gasteiger partial charge < -0.3 is 15.0 Å². The first-order valence-corrected chi connectivity index (χ1v) is 6.90. The summed E-state index contributed by atoms with van der Waals surface area (Å²) in [6, 6.07) is 11.3. The van der Waals surface area contributed by atoms with E-state index in [2.05, 4.69) is 6.92 Å². The number of para-hydroxylation sites is 1. The van der Waals surface area contributed by atoms with Gasteiger partial charge in [0.15, 0.2) is 0 Å². The minimum Gasteiger partial charge on any atom is -0.493 e. The molecule has 0 aliphatic rings. The number of ether oxygens (including phenoxy) is 1. The van der Waals surface area contributed by atoms with Gasteiger partial charge in [-0.2, -0.15) is 0 Å². The summed E-state index contributed by atoms with van der Waals surface area (Å²) in [7, 11) is 0. The van der Waals surface area contributed by atoms with Crippen LogP contribution < -0.4 is 16.0 Å². The van der Waals surface area contributed by atoms with Crippen molar-refractivity contribution in [3.05, 3.63) is 46.8 Å². The fourth-order valence-electron chi connectivity index (χ4n) is 2.16. The third-order valence-corrected chi connectivity index (χ3v) is 3.14. The van der Waals surface area contributed by atoms with E-state index in [0.29, 0.717) is 13.2 Å². The largest absolute Gasteiger partial charge is 0.493 e. The number of nitrogen functional groups attached to an aromatic ring is 1. The first-order chi connectivity index (χ1) is 9.69. The van der Waals surface area contributed by atoms with Gasteiger partial charge in [0.25, 0.3) is 5.56 Å². The molecule has 0 bridgehead atoms. The monoisotopic (exact) mass is 272 g/mol. The molecule has 0 atom stereocenters. The van der Waals surface area contributed by atoms with E-state index in [1.165, 1.54) is 0 Å². The Morgan fingerprint density at radius 2 is 1.90 bits per heavy atom. The van der Waals surface area contributed by atoms with Crippen molar-refractivity contribution in [2.24, 2.45) is 0 Å². The lowest BCUT2D eigenvalue weighted by molar-refractivity contribution is 0.318. The number of nitrogens with two attached hydrogens (primary N) is 1. The Morgan fingerprint density at radius 3 is 2.60 bits per heavy atom. The van der Waals surface area contributed by atoms with Crippen LogP contribution in [0.25, 0.3) is 11.3 Å². The molecule has 2 aromatic rings. The highest BCUT2D eigenvalue weighted by atomic mass is 16.5. The highest BCUT2D eigenvalue weighted by Gasteiger charge is 2.11. The summed E-state index contributed by atoms with van der Waals surface area (Å²) in [5, 5.41) is 0. The third kappa shape index (κ3) is 2.69. The summed E-state index contributed by atoms with van der Waals surface area (Å²) in [6.07, 6.45) is 0.941. The van der Waals surface area contributed by atoms with Crippen LogP contribution in [0.3, 0.4) is 0 Å². The molecule has 4 heteroatoms. The second-order valence-electron chi connectivity index (χ2n) is 4.57. The fraction of sp³-hybridized carbons (Fsp3) is 0.312. The molecule has 1 aromatic carbocycles. The van der Waals surface area contributed by atoms with E-state index in [0.717, 1.165) is 23.4 Å². The van der Waals surface area contributed by atoms with Crippen LogP contribution in [0.4, 0.5) is 5.69 Å². The number of anilines is 1. The molecule has 0 saturated heterocycles. The van der Waals surface area contributed by atoms with Crippen LogP contribution in [0.2, 0.25) is 0 Å². The molecular formula is C16H20N2O2. The van der Waals surface area contributed by atoms with Crippen LogP contribution in [0, 0.1) is 0 Å². The average molecular weight is 272 g/mol. The van der Waals surface area contributed by atoms with Gasteiger partial charge in [-0.1, -0.05) is 19.1 Å². The summed E-state index contributed by atoms with van der Waals surface area (Å²) in [6.45, 7) is 5.22. The zero-order chi connectivity index (χ0) is 14.5. The molecular weight excluding hydrogens is 252 g/mol. The standard InChI is InChI=1S/C16H20N2O2/c1-3-11-20-15-8-6-5-7-12(15)14-10-9-13(17)16(19)18(14)4-2/h5-10H,3-4,11,17H2,1-2H3. The summed E-state index contributed by atoms with van der Waals surface area (Å²) >= 11 is 0. The van der Waals surface area contributed by atoms with Crippen LogP contribution in [-0.2, 0) is 6.54 Å². The Kier molecular flexibility index (Phi) is 4.45. The molecule has 0 aliphatic carbocycles. The van der Waals surface area contributed by atoms with Crippen molar-refractivity contribution in [1.29, 1.82) is 0 Å². The van der Waals surface area contributed by atoms with E-state index < -0.39 is 0 Å². The number of aromatic nitrogens is 1. The summed E-state index contributed by atoms with van der Waals surface area (Å²) in [4.78, 5) is 12.1. The Balaban J connectivity index is 2.57. The van der Waals surface area contributed by atoms with Crippen LogP contribution >= 0.6 is 0 Å². The second-order valence-corrected chi connectivity index (χ2v) is 4.57. The van der Waals surface area contributed by atoms with E-state index in [-0.39, 0.29) is 11.2 Å². The predicted octanol–water partition coefficient (Wildman–Crippen LogP) is 2.91. The number of rotatable bonds is 5. The number of nitrogens with zero attached hydrogens (tertiary/aromatic N) is 1. The van der Waals surface area contributed by atoms with Gasteiger partial charge in [-0.25, -0.2) is 0 Å². The van der Waals surface area contributed by atoms with Crippen LogP contribution in [0.15, 0.2) is 41.2 Å². The Labute approximate surface area is 118 Å². The van der Waals surface area contributed by atoms with Crippen molar-refractivity contribution < 1.29 is 4.74 Å². The lowest BCUT2D eigenvalue weighted by Gasteiger charge is -2.15. The Hall–Kier alpha value is -2.23. The van der Waals surface area contributed by atoms with Gasteiger partial charge >= 0.3 is 0 Å². The van der Waals surface area contributed by atoms with Gasteiger partial charge in [0, 0.05) is 12.1 Å². The summed E-state index contributed by atoms with van der Waals surface area (Å²) in [5.74, 6) is 0.792. The average Bonchev–Trinajstić information content (AvgIpc) is 2.48. The van der Waals surface area contributed by atoms with Crippen molar-refractivity contribution in [3.63, 3.8) is 0 Å². The fourth-order valence-corrected chi connectivity index (χ4v) is 2.16. The van der Waals surface area contributed by atoms with Crippen LogP contribution in [0.1, 0.15) is 20.3 Å². The predicted molar refractivity (Wildman–Crippen MR) is 82.0 cm³/mol. The molecule has 0 unspecified atom stereocenters. The molecule has 0 aliphatic heterocycles. The SMILES string of the molecule is CCCOc1ccccc1-c1ccc(N)c(=O)n1CC.